The third kappa shape index (κ3) is 3.49. The molecule has 0 bridgehead atoms. The Balaban J connectivity index is 1.85. The molecule has 6 nitrogen and oxygen atoms in total. The van der Waals surface area contributed by atoms with Crippen molar-refractivity contribution in [3.05, 3.63) is 42.1 Å². The molecule has 1 aliphatic heterocycles. The van der Waals surface area contributed by atoms with Crippen LogP contribution >= 0.6 is 0 Å². The number of aromatic amines is 1. The van der Waals surface area contributed by atoms with Gasteiger partial charge in [-0.05, 0) is 13.8 Å². The largest absolute Gasteiger partial charge is 0.382 e. The topological polar surface area (TPSA) is 67.5 Å². The quantitative estimate of drug-likeness (QED) is 0.935. The molecule has 2 aromatic rings. The van der Waals surface area contributed by atoms with Crippen LogP contribution in [0.4, 0.5) is 0 Å². The van der Waals surface area contributed by atoms with Gasteiger partial charge in [-0.15, -0.1) is 0 Å². The van der Waals surface area contributed by atoms with Crippen LogP contribution in [0.15, 0.2) is 36.5 Å². The normalized spacial score (nSPS) is 20.1. The Morgan fingerprint density at radius 2 is 2.17 bits per heavy atom. The van der Waals surface area contributed by atoms with Crippen LogP contribution in [0.25, 0.3) is 11.3 Å². The number of carbonyl (C=O) groups excluding carboxylic acids is 1. The first-order valence-corrected chi connectivity index (χ1v) is 8.05. The van der Waals surface area contributed by atoms with Crippen LogP contribution in [0.1, 0.15) is 24.2 Å². The molecule has 1 amide bonds. The van der Waals surface area contributed by atoms with Gasteiger partial charge in [0, 0.05) is 25.8 Å². The lowest BCUT2D eigenvalue weighted by Gasteiger charge is -2.42. The molecule has 3 rings (SSSR count). The third-order valence-electron chi connectivity index (χ3n) is 4.05. The summed E-state index contributed by atoms with van der Waals surface area (Å²) in [5, 5.41) is 7.02. The van der Waals surface area contributed by atoms with E-state index >= 15 is 0 Å². The average molecular weight is 329 g/mol. The van der Waals surface area contributed by atoms with Crippen molar-refractivity contribution in [1.29, 1.82) is 0 Å². The Morgan fingerprint density at radius 3 is 2.88 bits per heavy atom. The number of nitrogens with zero attached hydrogens (tertiary/aromatic N) is 2. The van der Waals surface area contributed by atoms with Crippen molar-refractivity contribution in [2.24, 2.45) is 0 Å². The standard InChI is InChI=1S/C18H23N3O3/c1-18(2)12-21(10-14(24-18)11-23-3)17(22)15-9-19-20-16(15)13-7-5-4-6-8-13/h4-9,14H,10-12H2,1-3H3,(H,19,20)/t14-/m1/s1. The van der Waals surface area contributed by atoms with E-state index in [1.165, 1.54) is 0 Å². The zero-order chi connectivity index (χ0) is 17.2. The number of amides is 1. The number of morpholine rings is 1. The maximum Gasteiger partial charge on any atom is 0.257 e. The summed E-state index contributed by atoms with van der Waals surface area (Å²) in [4.78, 5) is 14.9. The molecule has 0 spiro atoms. The van der Waals surface area contributed by atoms with Crippen molar-refractivity contribution >= 4 is 5.91 Å². The van der Waals surface area contributed by atoms with Crippen molar-refractivity contribution in [3.8, 4) is 11.3 Å². The zero-order valence-electron chi connectivity index (χ0n) is 14.3. The highest BCUT2D eigenvalue weighted by Gasteiger charge is 2.36. The lowest BCUT2D eigenvalue weighted by atomic mass is 10.0. The summed E-state index contributed by atoms with van der Waals surface area (Å²) in [6.07, 6.45) is 1.47. The van der Waals surface area contributed by atoms with Gasteiger partial charge in [0.05, 0.1) is 35.8 Å². The fourth-order valence-electron chi connectivity index (χ4n) is 3.17. The van der Waals surface area contributed by atoms with Gasteiger partial charge in [0.2, 0.25) is 0 Å². The van der Waals surface area contributed by atoms with Crippen molar-refractivity contribution in [2.45, 2.75) is 25.6 Å². The van der Waals surface area contributed by atoms with Crippen LogP contribution in [0.2, 0.25) is 0 Å². The molecule has 0 unspecified atom stereocenters. The Bertz CT molecular complexity index is 697. The van der Waals surface area contributed by atoms with Crippen LogP contribution < -0.4 is 0 Å². The molecule has 0 aliphatic carbocycles. The first-order valence-electron chi connectivity index (χ1n) is 8.05. The van der Waals surface area contributed by atoms with E-state index < -0.39 is 5.60 Å². The van der Waals surface area contributed by atoms with E-state index in [0.717, 1.165) is 11.3 Å². The van der Waals surface area contributed by atoms with Crippen LogP contribution in [0.3, 0.4) is 0 Å². The SMILES string of the molecule is COC[C@H]1CN(C(=O)c2cn[nH]c2-c2ccccc2)CC(C)(C)O1. The molecule has 1 aliphatic rings. The number of ether oxygens (including phenoxy) is 2. The molecule has 0 saturated carbocycles. The molecular weight excluding hydrogens is 306 g/mol. The maximum absolute atomic E-state index is 13.1. The van der Waals surface area contributed by atoms with E-state index in [-0.39, 0.29) is 12.0 Å². The number of hydrogen-bond acceptors (Lipinski definition) is 4. The van der Waals surface area contributed by atoms with Crippen LogP contribution in [0, 0.1) is 0 Å². The summed E-state index contributed by atoms with van der Waals surface area (Å²) in [5.41, 5.74) is 1.86. The number of benzene rings is 1. The summed E-state index contributed by atoms with van der Waals surface area (Å²) in [6, 6.07) is 9.75. The zero-order valence-corrected chi connectivity index (χ0v) is 14.3. The number of H-pyrrole nitrogens is 1. The van der Waals surface area contributed by atoms with Gasteiger partial charge in [-0.2, -0.15) is 5.10 Å². The molecule has 128 valence electrons. The Hall–Kier alpha value is -2.18. The van der Waals surface area contributed by atoms with Gasteiger partial charge in [0.15, 0.2) is 0 Å². The van der Waals surface area contributed by atoms with E-state index in [4.69, 9.17) is 9.47 Å². The second kappa shape index (κ2) is 6.75. The van der Waals surface area contributed by atoms with E-state index in [2.05, 4.69) is 10.2 Å². The maximum atomic E-state index is 13.1. The van der Waals surface area contributed by atoms with Crippen LogP contribution in [-0.2, 0) is 9.47 Å². The minimum absolute atomic E-state index is 0.0416. The second-order valence-electron chi connectivity index (χ2n) is 6.67. The van der Waals surface area contributed by atoms with Gasteiger partial charge in [-0.3, -0.25) is 9.89 Å². The van der Waals surface area contributed by atoms with Crippen molar-refractivity contribution in [3.63, 3.8) is 0 Å². The van der Waals surface area contributed by atoms with Crippen LogP contribution in [0.5, 0.6) is 0 Å². The van der Waals surface area contributed by atoms with Gasteiger partial charge in [-0.1, -0.05) is 30.3 Å². The lowest BCUT2D eigenvalue weighted by molar-refractivity contribution is -0.143. The Labute approximate surface area is 141 Å². The fourth-order valence-corrected chi connectivity index (χ4v) is 3.17. The summed E-state index contributed by atoms with van der Waals surface area (Å²) in [7, 11) is 1.64. The molecule has 1 atom stereocenters. The molecular formula is C18H23N3O3. The number of methoxy groups -OCH3 is 1. The molecule has 1 aromatic carbocycles. The first kappa shape index (κ1) is 16.7. The molecule has 6 heteroatoms. The number of carbonyl (C=O) groups is 1. The molecule has 0 radical (unpaired) electrons. The van der Waals surface area contributed by atoms with E-state index in [0.29, 0.717) is 25.3 Å². The van der Waals surface area contributed by atoms with Gasteiger partial charge >= 0.3 is 0 Å². The highest BCUT2D eigenvalue weighted by Crippen LogP contribution is 2.26. The van der Waals surface area contributed by atoms with Crippen molar-refractivity contribution < 1.29 is 14.3 Å². The third-order valence-corrected chi connectivity index (χ3v) is 4.05. The van der Waals surface area contributed by atoms with Gasteiger partial charge in [0.25, 0.3) is 5.91 Å². The minimum atomic E-state index is -0.409. The second-order valence-corrected chi connectivity index (χ2v) is 6.67. The van der Waals surface area contributed by atoms with Crippen LogP contribution in [-0.4, -0.2) is 59.5 Å². The summed E-state index contributed by atoms with van der Waals surface area (Å²) in [6.45, 7) is 5.48. The first-order chi connectivity index (χ1) is 11.5. The van der Waals surface area contributed by atoms with Gasteiger partial charge in [-0.25, -0.2) is 0 Å². The smallest absolute Gasteiger partial charge is 0.257 e. The molecule has 1 saturated heterocycles. The monoisotopic (exact) mass is 329 g/mol. The molecule has 1 fully saturated rings. The Kier molecular flexibility index (Phi) is 4.69. The molecule has 24 heavy (non-hydrogen) atoms. The number of nitrogens with one attached hydrogen (secondary N) is 1. The van der Waals surface area contributed by atoms with E-state index in [1.54, 1.807) is 13.3 Å². The predicted molar refractivity (Wildman–Crippen MR) is 90.8 cm³/mol. The highest BCUT2D eigenvalue weighted by molar-refractivity contribution is 5.99. The fraction of sp³-hybridized carbons (Fsp3) is 0.444. The predicted octanol–water partition coefficient (Wildman–Crippen LogP) is 2.34. The van der Waals surface area contributed by atoms with E-state index in [9.17, 15) is 4.79 Å². The molecule has 2 heterocycles. The number of rotatable bonds is 4. The summed E-state index contributed by atoms with van der Waals surface area (Å²) >= 11 is 0. The average Bonchev–Trinajstić information content (AvgIpc) is 3.03. The number of hydrogen-bond donors (Lipinski definition) is 1. The van der Waals surface area contributed by atoms with Gasteiger partial charge < -0.3 is 14.4 Å². The van der Waals surface area contributed by atoms with Crippen molar-refractivity contribution in [1.82, 2.24) is 15.1 Å². The minimum Gasteiger partial charge on any atom is -0.382 e. The molecule has 1 N–H and O–H groups in total. The summed E-state index contributed by atoms with van der Waals surface area (Å²) in [5.74, 6) is -0.0416. The highest BCUT2D eigenvalue weighted by atomic mass is 16.5. The van der Waals surface area contributed by atoms with E-state index in [1.807, 2.05) is 49.1 Å². The Morgan fingerprint density at radius 1 is 1.42 bits per heavy atom. The number of aromatic nitrogens is 2. The summed E-state index contributed by atoms with van der Waals surface area (Å²) < 4.78 is 11.2. The van der Waals surface area contributed by atoms with Gasteiger partial charge in [0.1, 0.15) is 0 Å². The van der Waals surface area contributed by atoms with Crippen molar-refractivity contribution in [2.75, 3.05) is 26.8 Å². The molecule has 1 aromatic heterocycles. The lowest BCUT2D eigenvalue weighted by Crippen LogP contribution is -2.55.